The lowest BCUT2D eigenvalue weighted by atomic mass is 10.1. The van der Waals surface area contributed by atoms with Crippen molar-refractivity contribution in [2.24, 2.45) is 0 Å². The summed E-state index contributed by atoms with van der Waals surface area (Å²) >= 11 is 0. The normalized spacial score (nSPS) is 10.2. The van der Waals surface area contributed by atoms with Crippen LogP contribution in [0.4, 0.5) is 5.69 Å². The van der Waals surface area contributed by atoms with E-state index in [9.17, 15) is 14.9 Å². The van der Waals surface area contributed by atoms with E-state index in [-0.39, 0.29) is 30.5 Å². The molecule has 1 aromatic carbocycles. The van der Waals surface area contributed by atoms with Gasteiger partial charge in [0.05, 0.1) is 18.6 Å². The summed E-state index contributed by atoms with van der Waals surface area (Å²) < 4.78 is 4.96. The van der Waals surface area contributed by atoms with Crippen LogP contribution in [0, 0.1) is 10.1 Å². The Morgan fingerprint density at radius 1 is 1.43 bits per heavy atom. The summed E-state index contributed by atoms with van der Waals surface area (Å²) in [6, 6.07) is 4.01. The minimum Gasteiger partial charge on any atom is -0.490 e. The molecule has 0 aliphatic rings. The molecule has 0 aliphatic heterocycles. The lowest BCUT2D eigenvalue weighted by Gasteiger charge is -2.21. The van der Waals surface area contributed by atoms with Crippen LogP contribution in [-0.2, 0) is 0 Å². The van der Waals surface area contributed by atoms with Crippen molar-refractivity contribution in [2.45, 2.75) is 19.8 Å². The van der Waals surface area contributed by atoms with Gasteiger partial charge in [-0.2, -0.15) is 0 Å². The fourth-order valence-corrected chi connectivity index (χ4v) is 1.93. The van der Waals surface area contributed by atoms with E-state index in [1.165, 1.54) is 30.2 Å². The van der Waals surface area contributed by atoms with Crippen molar-refractivity contribution in [1.82, 2.24) is 4.90 Å². The van der Waals surface area contributed by atoms with Crippen molar-refractivity contribution in [3.8, 4) is 5.75 Å². The third-order valence-electron chi connectivity index (χ3n) is 3.06. The van der Waals surface area contributed by atoms with Crippen LogP contribution in [0.15, 0.2) is 18.2 Å². The number of hydrogen-bond acceptors (Lipinski definition) is 5. The highest BCUT2D eigenvalue weighted by atomic mass is 16.6. The topological polar surface area (TPSA) is 92.9 Å². The minimum absolute atomic E-state index is 0.0466. The fourth-order valence-electron chi connectivity index (χ4n) is 1.93. The highest BCUT2D eigenvalue weighted by Crippen LogP contribution is 2.28. The first-order chi connectivity index (χ1) is 10.0. The molecular formula is C14H20N2O5. The van der Waals surface area contributed by atoms with Gasteiger partial charge in [0.25, 0.3) is 5.91 Å². The molecule has 0 heterocycles. The number of carbonyl (C=O) groups excluding carboxylic acids is 1. The summed E-state index contributed by atoms with van der Waals surface area (Å²) in [6.07, 6.45) is 1.76. The number of methoxy groups -OCH3 is 1. The van der Waals surface area contributed by atoms with Gasteiger partial charge in [-0.3, -0.25) is 14.9 Å². The third kappa shape index (κ3) is 4.42. The maximum absolute atomic E-state index is 12.4. The zero-order chi connectivity index (χ0) is 15.8. The molecule has 7 nitrogen and oxygen atoms in total. The highest BCUT2D eigenvalue weighted by Gasteiger charge is 2.20. The smallest absolute Gasteiger partial charge is 0.310 e. The molecule has 0 bridgehead atoms. The van der Waals surface area contributed by atoms with Crippen molar-refractivity contribution < 1.29 is 19.6 Å². The minimum atomic E-state index is -0.560. The Hall–Kier alpha value is -2.15. The van der Waals surface area contributed by atoms with E-state index in [1.807, 2.05) is 6.92 Å². The van der Waals surface area contributed by atoms with Crippen molar-refractivity contribution in [2.75, 3.05) is 26.8 Å². The van der Waals surface area contributed by atoms with Crippen LogP contribution in [-0.4, -0.2) is 47.6 Å². The van der Waals surface area contributed by atoms with Crippen LogP contribution >= 0.6 is 0 Å². The predicted molar refractivity (Wildman–Crippen MR) is 77.5 cm³/mol. The summed E-state index contributed by atoms with van der Waals surface area (Å²) in [4.78, 5) is 24.2. The molecule has 0 saturated carbocycles. The molecule has 1 amide bonds. The molecule has 0 fully saturated rings. The SMILES string of the molecule is CCCCN(CCO)C(=O)c1ccc([N+](=O)[O-])c(OC)c1. The van der Waals surface area contributed by atoms with Crippen molar-refractivity contribution in [3.05, 3.63) is 33.9 Å². The number of aliphatic hydroxyl groups is 1. The third-order valence-corrected chi connectivity index (χ3v) is 3.06. The predicted octanol–water partition coefficient (Wildman–Crippen LogP) is 1.84. The molecule has 116 valence electrons. The number of ether oxygens (including phenoxy) is 1. The number of hydrogen-bond donors (Lipinski definition) is 1. The number of nitrogens with zero attached hydrogens (tertiary/aromatic N) is 2. The van der Waals surface area contributed by atoms with Gasteiger partial charge in [-0.25, -0.2) is 0 Å². The Bertz CT molecular complexity index is 504. The van der Waals surface area contributed by atoms with Crippen LogP contribution < -0.4 is 4.74 Å². The summed E-state index contributed by atoms with van der Waals surface area (Å²) in [7, 11) is 1.32. The lowest BCUT2D eigenvalue weighted by molar-refractivity contribution is -0.385. The molecule has 0 unspecified atom stereocenters. The Morgan fingerprint density at radius 2 is 2.14 bits per heavy atom. The van der Waals surface area contributed by atoms with Gasteiger partial charge in [0, 0.05) is 30.8 Å². The van der Waals surface area contributed by atoms with Crippen LogP contribution in [0.1, 0.15) is 30.1 Å². The number of amides is 1. The molecule has 21 heavy (non-hydrogen) atoms. The molecule has 0 aliphatic carbocycles. The van der Waals surface area contributed by atoms with Gasteiger partial charge in [0.15, 0.2) is 5.75 Å². The largest absolute Gasteiger partial charge is 0.490 e. The summed E-state index contributed by atoms with van der Waals surface area (Å²) in [5.41, 5.74) is 0.123. The molecular weight excluding hydrogens is 276 g/mol. The molecule has 0 spiro atoms. The standard InChI is InChI=1S/C14H20N2O5/c1-3-4-7-15(8-9-17)14(18)11-5-6-12(16(19)20)13(10-11)21-2/h5-6,10,17H,3-4,7-9H2,1-2H3. The monoisotopic (exact) mass is 296 g/mol. The number of nitro groups is 1. The van der Waals surface area contributed by atoms with E-state index >= 15 is 0 Å². The van der Waals surface area contributed by atoms with Gasteiger partial charge in [-0.05, 0) is 12.5 Å². The van der Waals surface area contributed by atoms with E-state index in [0.29, 0.717) is 12.1 Å². The maximum Gasteiger partial charge on any atom is 0.310 e. The number of carbonyl (C=O) groups is 1. The number of aliphatic hydroxyl groups excluding tert-OH is 1. The molecule has 0 atom stereocenters. The van der Waals surface area contributed by atoms with Gasteiger partial charge < -0.3 is 14.7 Å². The van der Waals surface area contributed by atoms with Crippen molar-refractivity contribution in [3.63, 3.8) is 0 Å². The second-order valence-electron chi connectivity index (χ2n) is 4.51. The molecule has 0 saturated heterocycles. The fraction of sp³-hybridized carbons (Fsp3) is 0.500. The van der Waals surface area contributed by atoms with Gasteiger partial charge in [0.1, 0.15) is 0 Å². The summed E-state index contributed by atoms with van der Waals surface area (Å²) in [5.74, 6) is -0.226. The number of nitro benzene ring substituents is 1. The molecule has 1 aromatic rings. The van der Waals surface area contributed by atoms with Crippen LogP contribution in [0.25, 0.3) is 0 Å². The average Bonchev–Trinajstić information content (AvgIpc) is 2.49. The average molecular weight is 296 g/mol. The quantitative estimate of drug-likeness (QED) is 0.583. The highest BCUT2D eigenvalue weighted by molar-refractivity contribution is 5.95. The zero-order valence-electron chi connectivity index (χ0n) is 12.2. The summed E-state index contributed by atoms with van der Waals surface area (Å²) in [6.45, 7) is 2.66. The molecule has 0 aromatic heterocycles. The first-order valence-corrected chi connectivity index (χ1v) is 6.77. The molecule has 7 heteroatoms. The van der Waals surface area contributed by atoms with Crippen LogP contribution in [0.5, 0.6) is 5.75 Å². The first-order valence-electron chi connectivity index (χ1n) is 6.77. The van der Waals surface area contributed by atoms with Crippen LogP contribution in [0.3, 0.4) is 0 Å². The van der Waals surface area contributed by atoms with E-state index in [0.717, 1.165) is 12.8 Å². The molecule has 1 rings (SSSR count). The van der Waals surface area contributed by atoms with Gasteiger partial charge in [-0.15, -0.1) is 0 Å². The van der Waals surface area contributed by atoms with Crippen molar-refractivity contribution in [1.29, 1.82) is 0 Å². The molecule has 0 radical (unpaired) electrons. The number of rotatable bonds is 8. The van der Waals surface area contributed by atoms with E-state index < -0.39 is 4.92 Å². The number of benzene rings is 1. The Labute approximate surface area is 123 Å². The van der Waals surface area contributed by atoms with Gasteiger partial charge >= 0.3 is 5.69 Å². The Balaban J connectivity index is 3.01. The lowest BCUT2D eigenvalue weighted by Crippen LogP contribution is -2.34. The van der Waals surface area contributed by atoms with Crippen LogP contribution in [0.2, 0.25) is 0 Å². The maximum atomic E-state index is 12.4. The first kappa shape index (κ1) is 16.9. The second-order valence-corrected chi connectivity index (χ2v) is 4.51. The van der Waals surface area contributed by atoms with E-state index in [4.69, 9.17) is 9.84 Å². The Morgan fingerprint density at radius 3 is 2.67 bits per heavy atom. The summed E-state index contributed by atoms with van der Waals surface area (Å²) in [5, 5.41) is 19.9. The van der Waals surface area contributed by atoms with E-state index in [1.54, 1.807) is 0 Å². The zero-order valence-corrected chi connectivity index (χ0v) is 12.2. The second kappa shape index (κ2) is 8.21. The van der Waals surface area contributed by atoms with Gasteiger partial charge in [-0.1, -0.05) is 13.3 Å². The van der Waals surface area contributed by atoms with Gasteiger partial charge in [0.2, 0.25) is 0 Å². The number of unbranched alkanes of at least 4 members (excludes halogenated alkanes) is 1. The van der Waals surface area contributed by atoms with Crippen molar-refractivity contribution >= 4 is 11.6 Å². The van der Waals surface area contributed by atoms with E-state index in [2.05, 4.69) is 0 Å². The Kier molecular flexibility index (Phi) is 6.61. The molecule has 1 N–H and O–H groups in total.